The molecule has 0 radical (unpaired) electrons. The van der Waals surface area contributed by atoms with Crippen molar-refractivity contribution in [3.63, 3.8) is 0 Å². The maximum Gasteiger partial charge on any atom is 0.257 e. The molecule has 0 bridgehead atoms. The summed E-state index contributed by atoms with van der Waals surface area (Å²) in [5.41, 5.74) is 8.61. The van der Waals surface area contributed by atoms with Crippen LogP contribution in [0.2, 0.25) is 10.0 Å². The van der Waals surface area contributed by atoms with Crippen LogP contribution < -0.4 is 11.1 Å². The third-order valence-corrected chi connectivity index (χ3v) is 3.51. The first-order valence-corrected chi connectivity index (χ1v) is 6.91. The molecule has 2 aromatic rings. The number of aryl methyl sites for hydroxylation is 1. The lowest BCUT2D eigenvalue weighted by atomic mass is 10.1. The fraction of sp³-hybridized carbons (Fsp3) is 0.133. The number of hydrogen-bond acceptors (Lipinski definition) is 2. The molecule has 2 aromatic carbocycles. The van der Waals surface area contributed by atoms with Crippen LogP contribution in [-0.2, 0) is 6.42 Å². The van der Waals surface area contributed by atoms with E-state index in [1.54, 1.807) is 18.2 Å². The summed E-state index contributed by atoms with van der Waals surface area (Å²) in [5.74, 6) is -0.296. The summed E-state index contributed by atoms with van der Waals surface area (Å²) >= 11 is 11.8. The summed E-state index contributed by atoms with van der Waals surface area (Å²) in [7, 11) is 0. The van der Waals surface area contributed by atoms with Crippen molar-refractivity contribution in [2.24, 2.45) is 0 Å². The van der Waals surface area contributed by atoms with Gasteiger partial charge in [0.05, 0.1) is 10.6 Å². The van der Waals surface area contributed by atoms with E-state index in [1.807, 2.05) is 19.1 Å². The summed E-state index contributed by atoms with van der Waals surface area (Å²) in [6.45, 7) is 2.03. The molecular formula is C15H14Cl2N2O. The average molecular weight is 309 g/mol. The zero-order chi connectivity index (χ0) is 14.7. The molecule has 1 amide bonds. The molecule has 0 saturated heterocycles. The smallest absolute Gasteiger partial charge is 0.257 e. The minimum Gasteiger partial charge on any atom is -0.398 e. The Balaban J connectivity index is 2.21. The highest BCUT2D eigenvalue weighted by Gasteiger charge is 2.11. The van der Waals surface area contributed by atoms with Crippen LogP contribution >= 0.6 is 23.2 Å². The molecule has 3 nitrogen and oxygen atoms in total. The number of rotatable bonds is 3. The van der Waals surface area contributed by atoms with Gasteiger partial charge < -0.3 is 11.1 Å². The van der Waals surface area contributed by atoms with Crippen LogP contribution in [0.1, 0.15) is 22.8 Å². The highest BCUT2D eigenvalue weighted by molar-refractivity contribution is 6.37. The summed E-state index contributed by atoms with van der Waals surface area (Å²) in [6.07, 6.45) is 0.850. The highest BCUT2D eigenvalue weighted by Crippen LogP contribution is 2.23. The lowest BCUT2D eigenvalue weighted by Crippen LogP contribution is -2.12. The first-order chi connectivity index (χ1) is 9.51. The SMILES string of the molecule is CCc1ccc(NC(=O)c2ccc(Cl)cc2Cl)cc1N. The summed E-state index contributed by atoms with van der Waals surface area (Å²) in [6, 6.07) is 10.2. The molecule has 0 aromatic heterocycles. The van der Waals surface area contributed by atoms with Crippen molar-refractivity contribution < 1.29 is 4.79 Å². The molecular weight excluding hydrogens is 295 g/mol. The van der Waals surface area contributed by atoms with E-state index in [1.165, 1.54) is 6.07 Å². The van der Waals surface area contributed by atoms with E-state index in [-0.39, 0.29) is 5.91 Å². The Bertz CT molecular complexity index is 656. The first-order valence-electron chi connectivity index (χ1n) is 6.16. The number of benzene rings is 2. The van der Waals surface area contributed by atoms with Gasteiger partial charge in [0.15, 0.2) is 0 Å². The largest absolute Gasteiger partial charge is 0.398 e. The molecule has 0 spiro atoms. The fourth-order valence-electron chi connectivity index (χ4n) is 1.87. The standard InChI is InChI=1S/C15H14Cl2N2O/c1-2-9-3-5-11(8-14(9)18)19-15(20)12-6-4-10(16)7-13(12)17/h3-8H,2,18H2,1H3,(H,19,20). The summed E-state index contributed by atoms with van der Waals surface area (Å²) < 4.78 is 0. The number of nitrogen functional groups attached to an aromatic ring is 1. The first kappa shape index (κ1) is 14.7. The molecule has 0 atom stereocenters. The fourth-order valence-corrected chi connectivity index (χ4v) is 2.36. The number of carbonyl (C=O) groups excluding carboxylic acids is 1. The molecule has 0 unspecified atom stereocenters. The molecule has 3 N–H and O–H groups in total. The van der Waals surface area contributed by atoms with Gasteiger partial charge in [-0.1, -0.05) is 36.2 Å². The lowest BCUT2D eigenvalue weighted by Gasteiger charge is -2.09. The molecule has 0 heterocycles. The maximum absolute atomic E-state index is 12.1. The van der Waals surface area contributed by atoms with E-state index in [0.717, 1.165) is 12.0 Å². The number of anilines is 2. The van der Waals surface area contributed by atoms with Crippen molar-refractivity contribution >= 4 is 40.5 Å². The van der Waals surface area contributed by atoms with Crippen LogP contribution in [0.15, 0.2) is 36.4 Å². The Morgan fingerprint density at radius 3 is 2.55 bits per heavy atom. The van der Waals surface area contributed by atoms with E-state index in [4.69, 9.17) is 28.9 Å². The van der Waals surface area contributed by atoms with Gasteiger partial charge in [0, 0.05) is 16.4 Å². The van der Waals surface area contributed by atoms with E-state index < -0.39 is 0 Å². The predicted molar refractivity (Wildman–Crippen MR) is 84.6 cm³/mol. The number of nitrogens with one attached hydrogen (secondary N) is 1. The Morgan fingerprint density at radius 1 is 1.20 bits per heavy atom. The van der Waals surface area contributed by atoms with Gasteiger partial charge in [0.1, 0.15) is 0 Å². The third kappa shape index (κ3) is 3.24. The molecule has 0 aliphatic rings. The summed E-state index contributed by atoms with van der Waals surface area (Å²) in [4.78, 5) is 12.1. The van der Waals surface area contributed by atoms with Gasteiger partial charge >= 0.3 is 0 Å². The minimum atomic E-state index is -0.296. The summed E-state index contributed by atoms with van der Waals surface area (Å²) in [5, 5.41) is 3.57. The normalized spacial score (nSPS) is 10.3. The maximum atomic E-state index is 12.1. The van der Waals surface area contributed by atoms with Gasteiger partial charge in [-0.2, -0.15) is 0 Å². The highest BCUT2D eigenvalue weighted by atomic mass is 35.5. The molecule has 2 rings (SSSR count). The molecule has 104 valence electrons. The molecule has 0 saturated carbocycles. The van der Waals surface area contributed by atoms with Crippen molar-refractivity contribution in [3.8, 4) is 0 Å². The minimum absolute atomic E-state index is 0.296. The van der Waals surface area contributed by atoms with Gasteiger partial charge in [-0.3, -0.25) is 4.79 Å². The van der Waals surface area contributed by atoms with Crippen molar-refractivity contribution in [2.75, 3.05) is 11.1 Å². The second-order valence-electron chi connectivity index (χ2n) is 4.35. The van der Waals surface area contributed by atoms with Crippen LogP contribution in [0.3, 0.4) is 0 Å². The predicted octanol–water partition coefficient (Wildman–Crippen LogP) is 4.39. The van der Waals surface area contributed by atoms with E-state index in [9.17, 15) is 4.79 Å². The van der Waals surface area contributed by atoms with Crippen LogP contribution in [0, 0.1) is 0 Å². The average Bonchev–Trinajstić information content (AvgIpc) is 2.38. The van der Waals surface area contributed by atoms with Gasteiger partial charge in [-0.05, 0) is 42.3 Å². The van der Waals surface area contributed by atoms with Crippen LogP contribution in [0.25, 0.3) is 0 Å². The van der Waals surface area contributed by atoms with Gasteiger partial charge in [0.25, 0.3) is 5.91 Å². The molecule has 20 heavy (non-hydrogen) atoms. The Kier molecular flexibility index (Phi) is 4.53. The van der Waals surface area contributed by atoms with Crippen LogP contribution in [0.5, 0.6) is 0 Å². The van der Waals surface area contributed by atoms with Crippen molar-refractivity contribution in [2.45, 2.75) is 13.3 Å². The lowest BCUT2D eigenvalue weighted by molar-refractivity contribution is 0.102. The van der Waals surface area contributed by atoms with E-state index in [0.29, 0.717) is 27.0 Å². The number of hydrogen-bond donors (Lipinski definition) is 2. The van der Waals surface area contributed by atoms with Crippen LogP contribution in [0.4, 0.5) is 11.4 Å². The van der Waals surface area contributed by atoms with E-state index >= 15 is 0 Å². The zero-order valence-corrected chi connectivity index (χ0v) is 12.4. The number of nitrogens with two attached hydrogens (primary N) is 1. The van der Waals surface area contributed by atoms with Gasteiger partial charge in [-0.15, -0.1) is 0 Å². The Morgan fingerprint density at radius 2 is 1.95 bits per heavy atom. The second kappa shape index (κ2) is 6.16. The van der Waals surface area contributed by atoms with Crippen molar-refractivity contribution in [1.82, 2.24) is 0 Å². The van der Waals surface area contributed by atoms with Crippen LogP contribution in [-0.4, -0.2) is 5.91 Å². The molecule has 0 aliphatic carbocycles. The monoisotopic (exact) mass is 308 g/mol. The van der Waals surface area contributed by atoms with E-state index in [2.05, 4.69) is 5.32 Å². The Labute approximate surface area is 127 Å². The van der Waals surface area contributed by atoms with Gasteiger partial charge in [-0.25, -0.2) is 0 Å². The number of halogens is 2. The quantitative estimate of drug-likeness (QED) is 0.826. The molecule has 5 heteroatoms. The zero-order valence-electron chi connectivity index (χ0n) is 10.9. The second-order valence-corrected chi connectivity index (χ2v) is 5.19. The topological polar surface area (TPSA) is 55.1 Å². The third-order valence-electron chi connectivity index (χ3n) is 2.96. The molecule has 0 fully saturated rings. The number of amides is 1. The van der Waals surface area contributed by atoms with Crippen molar-refractivity contribution in [1.29, 1.82) is 0 Å². The van der Waals surface area contributed by atoms with Gasteiger partial charge in [0.2, 0.25) is 0 Å². The molecule has 0 aliphatic heterocycles. The van der Waals surface area contributed by atoms with Crippen molar-refractivity contribution in [3.05, 3.63) is 57.6 Å². The Hall–Kier alpha value is -1.71. The number of carbonyl (C=O) groups is 1.